The van der Waals surface area contributed by atoms with Crippen LogP contribution in [0.25, 0.3) is 22.5 Å². The molecule has 0 saturated heterocycles. The maximum Gasteiger partial charge on any atom is 0.261 e. The summed E-state index contributed by atoms with van der Waals surface area (Å²) >= 11 is 0. The molecular formula is C22H19N3O3S. The number of hydrogen-bond acceptors (Lipinski definition) is 4. The number of benzene rings is 3. The van der Waals surface area contributed by atoms with Crippen molar-refractivity contribution in [1.82, 2.24) is 10.2 Å². The van der Waals surface area contributed by atoms with Crippen LogP contribution in [-0.4, -0.2) is 23.7 Å². The van der Waals surface area contributed by atoms with E-state index in [-0.39, 0.29) is 10.6 Å². The van der Waals surface area contributed by atoms with Crippen LogP contribution in [0.1, 0.15) is 5.56 Å². The van der Waals surface area contributed by atoms with Gasteiger partial charge in [-0.05, 0) is 67.1 Å². The number of H-pyrrole nitrogens is 1. The molecule has 1 aromatic heterocycles. The molecule has 3 aromatic carbocycles. The van der Waals surface area contributed by atoms with Crippen LogP contribution in [0.4, 0.5) is 5.69 Å². The van der Waals surface area contributed by atoms with Gasteiger partial charge in [-0.1, -0.05) is 29.8 Å². The minimum Gasteiger partial charge on any atom is -0.508 e. The Morgan fingerprint density at radius 2 is 1.48 bits per heavy atom. The summed E-state index contributed by atoms with van der Waals surface area (Å²) in [6.07, 6.45) is 0. The molecule has 29 heavy (non-hydrogen) atoms. The first-order chi connectivity index (χ1) is 13.9. The van der Waals surface area contributed by atoms with E-state index in [1.165, 1.54) is 0 Å². The Hall–Kier alpha value is -3.58. The number of aromatic hydroxyl groups is 1. The molecule has 6 nitrogen and oxygen atoms in total. The third kappa shape index (κ3) is 4.14. The maximum atomic E-state index is 12.5. The summed E-state index contributed by atoms with van der Waals surface area (Å²) in [5.74, 6) is 0.206. The van der Waals surface area contributed by atoms with Crippen LogP contribution >= 0.6 is 0 Å². The van der Waals surface area contributed by atoms with Crippen LogP contribution in [0.2, 0.25) is 0 Å². The van der Waals surface area contributed by atoms with Crippen molar-refractivity contribution in [3.63, 3.8) is 0 Å². The number of aryl methyl sites for hydroxylation is 1. The number of nitrogens with one attached hydrogen (secondary N) is 2. The summed E-state index contributed by atoms with van der Waals surface area (Å²) in [7, 11) is -3.64. The Labute approximate surface area is 168 Å². The Kier molecular flexibility index (Phi) is 4.82. The van der Waals surface area contributed by atoms with Gasteiger partial charge in [0, 0.05) is 11.3 Å². The van der Waals surface area contributed by atoms with Gasteiger partial charge in [0.15, 0.2) is 0 Å². The first-order valence-corrected chi connectivity index (χ1v) is 10.4. The van der Waals surface area contributed by atoms with Crippen molar-refractivity contribution in [1.29, 1.82) is 0 Å². The van der Waals surface area contributed by atoms with Gasteiger partial charge in [-0.15, -0.1) is 0 Å². The number of rotatable bonds is 5. The van der Waals surface area contributed by atoms with Crippen LogP contribution in [0.3, 0.4) is 0 Å². The average molecular weight is 405 g/mol. The molecule has 0 radical (unpaired) electrons. The zero-order valence-electron chi connectivity index (χ0n) is 15.6. The maximum absolute atomic E-state index is 12.5. The molecule has 0 unspecified atom stereocenters. The summed E-state index contributed by atoms with van der Waals surface area (Å²) in [5.41, 5.74) is 4.79. The van der Waals surface area contributed by atoms with Crippen molar-refractivity contribution in [2.45, 2.75) is 11.8 Å². The fourth-order valence-electron chi connectivity index (χ4n) is 2.90. The smallest absolute Gasteiger partial charge is 0.261 e. The van der Waals surface area contributed by atoms with Crippen molar-refractivity contribution in [2.24, 2.45) is 0 Å². The van der Waals surface area contributed by atoms with Gasteiger partial charge < -0.3 is 5.11 Å². The SMILES string of the molecule is Cc1ccc(S(=O)(=O)Nc2ccc(-c3cc(-c4ccc(O)cc4)[nH]n3)cc2)cc1. The predicted molar refractivity (Wildman–Crippen MR) is 113 cm³/mol. The Balaban J connectivity index is 1.52. The number of aromatic nitrogens is 2. The van der Waals surface area contributed by atoms with Gasteiger partial charge in [-0.3, -0.25) is 9.82 Å². The van der Waals surface area contributed by atoms with Gasteiger partial charge in [0.25, 0.3) is 10.0 Å². The highest BCUT2D eigenvalue weighted by molar-refractivity contribution is 7.92. The van der Waals surface area contributed by atoms with Gasteiger partial charge in [0.2, 0.25) is 0 Å². The topological polar surface area (TPSA) is 95.1 Å². The van der Waals surface area contributed by atoms with Gasteiger partial charge >= 0.3 is 0 Å². The van der Waals surface area contributed by atoms with E-state index in [4.69, 9.17) is 0 Å². The molecule has 146 valence electrons. The van der Waals surface area contributed by atoms with E-state index in [1.54, 1.807) is 60.7 Å². The van der Waals surface area contributed by atoms with E-state index in [1.807, 2.05) is 25.1 Å². The molecule has 7 heteroatoms. The molecule has 0 fully saturated rings. The molecule has 0 bridgehead atoms. The molecule has 0 spiro atoms. The Morgan fingerprint density at radius 1 is 0.862 bits per heavy atom. The number of nitrogens with zero attached hydrogens (tertiary/aromatic N) is 1. The molecule has 0 atom stereocenters. The minimum absolute atomic E-state index is 0.206. The second-order valence-electron chi connectivity index (χ2n) is 6.71. The van der Waals surface area contributed by atoms with Crippen LogP contribution in [0.15, 0.2) is 83.8 Å². The highest BCUT2D eigenvalue weighted by Gasteiger charge is 2.14. The molecule has 0 amide bonds. The first kappa shape index (κ1) is 18.8. The summed E-state index contributed by atoms with van der Waals surface area (Å²) in [6.45, 7) is 1.91. The number of phenolic OH excluding ortho intramolecular Hbond substituents is 1. The first-order valence-electron chi connectivity index (χ1n) is 8.95. The number of anilines is 1. The largest absolute Gasteiger partial charge is 0.508 e. The molecule has 0 aliphatic rings. The minimum atomic E-state index is -3.64. The van der Waals surface area contributed by atoms with E-state index < -0.39 is 10.0 Å². The summed E-state index contributed by atoms with van der Waals surface area (Å²) in [5, 5.41) is 16.7. The standard InChI is InChI=1S/C22H19N3O3S/c1-15-2-12-20(13-3-15)29(27,28)25-18-8-4-16(5-9-18)21-14-22(24-23-21)17-6-10-19(26)11-7-17/h2-14,25-26H,1H3,(H,23,24). The second-order valence-corrected chi connectivity index (χ2v) is 8.39. The van der Waals surface area contributed by atoms with Gasteiger partial charge in [0.1, 0.15) is 5.75 Å². The monoisotopic (exact) mass is 405 g/mol. The molecule has 0 aliphatic heterocycles. The number of phenols is 1. The van der Waals surface area contributed by atoms with Crippen LogP contribution in [0.5, 0.6) is 5.75 Å². The van der Waals surface area contributed by atoms with E-state index in [2.05, 4.69) is 14.9 Å². The Morgan fingerprint density at radius 3 is 2.14 bits per heavy atom. The van der Waals surface area contributed by atoms with Crippen molar-refractivity contribution in [2.75, 3.05) is 4.72 Å². The molecule has 0 aliphatic carbocycles. The Bertz CT molecular complexity index is 1230. The van der Waals surface area contributed by atoms with Crippen molar-refractivity contribution in [3.05, 3.63) is 84.4 Å². The normalized spacial score (nSPS) is 11.3. The van der Waals surface area contributed by atoms with E-state index in [9.17, 15) is 13.5 Å². The second kappa shape index (κ2) is 7.44. The summed E-state index contributed by atoms with van der Waals surface area (Å²) < 4.78 is 27.6. The third-order valence-electron chi connectivity index (χ3n) is 4.52. The lowest BCUT2D eigenvalue weighted by molar-refractivity contribution is 0.475. The zero-order chi connectivity index (χ0) is 20.4. The highest BCUT2D eigenvalue weighted by Crippen LogP contribution is 2.26. The van der Waals surface area contributed by atoms with Crippen molar-refractivity contribution < 1.29 is 13.5 Å². The van der Waals surface area contributed by atoms with Crippen LogP contribution < -0.4 is 4.72 Å². The van der Waals surface area contributed by atoms with Gasteiger partial charge in [-0.2, -0.15) is 5.10 Å². The highest BCUT2D eigenvalue weighted by atomic mass is 32.2. The fraction of sp³-hybridized carbons (Fsp3) is 0.0455. The quantitative estimate of drug-likeness (QED) is 0.454. The summed E-state index contributed by atoms with van der Waals surface area (Å²) in [4.78, 5) is 0.220. The molecule has 1 heterocycles. The van der Waals surface area contributed by atoms with Crippen molar-refractivity contribution >= 4 is 15.7 Å². The summed E-state index contributed by atoms with van der Waals surface area (Å²) in [6, 6.07) is 22.5. The zero-order valence-corrected chi connectivity index (χ0v) is 16.4. The number of sulfonamides is 1. The average Bonchev–Trinajstić information content (AvgIpc) is 3.19. The lowest BCUT2D eigenvalue weighted by Gasteiger charge is -2.08. The van der Waals surface area contributed by atoms with Gasteiger partial charge in [0.05, 0.1) is 16.3 Å². The molecule has 0 saturated carbocycles. The lowest BCUT2D eigenvalue weighted by atomic mass is 10.1. The third-order valence-corrected chi connectivity index (χ3v) is 5.92. The van der Waals surface area contributed by atoms with E-state index in [0.29, 0.717) is 5.69 Å². The molecular weight excluding hydrogens is 386 g/mol. The molecule has 4 aromatic rings. The fourth-order valence-corrected chi connectivity index (χ4v) is 3.96. The van der Waals surface area contributed by atoms with Crippen LogP contribution in [0, 0.1) is 6.92 Å². The van der Waals surface area contributed by atoms with Crippen LogP contribution in [-0.2, 0) is 10.0 Å². The van der Waals surface area contributed by atoms with E-state index in [0.717, 1.165) is 28.1 Å². The lowest BCUT2D eigenvalue weighted by Crippen LogP contribution is -2.12. The van der Waals surface area contributed by atoms with E-state index >= 15 is 0 Å². The molecule has 3 N–H and O–H groups in total. The molecule has 4 rings (SSSR count). The predicted octanol–water partition coefficient (Wildman–Crippen LogP) is 4.56. The van der Waals surface area contributed by atoms with Gasteiger partial charge in [-0.25, -0.2) is 8.42 Å². The van der Waals surface area contributed by atoms with Crippen molar-refractivity contribution in [3.8, 4) is 28.3 Å². The number of hydrogen-bond donors (Lipinski definition) is 3. The number of aromatic amines is 1.